The number of nitrogens with two attached hydrogens (primary N) is 1. The van der Waals surface area contributed by atoms with Crippen molar-refractivity contribution in [2.24, 2.45) is 5.73 Å². The molecule has 0 aliphatic rings. The Balaban J connectivity index is 3.26. The lowest BCUT2D eigenvalue weighted by Gasteiger charge is -2.13. The Kier molecular flexibility index (Phi) is 2.49. The summed E-state index contributed by atoms with van der Waals surface area (Å²) in [6, 6.07) is 1.30. The van der Waals surface area contributed by atoms with E-state index in [0.717, 1.165) is 0 Å². The number of alkyl halides is 2. The number of halogens is 3. The summed E-state index contributed by atoms with van der Waals surface area (Å²) in [5, 5.41) is 0. The third-order valence-electron chi connectivity index (χ3n) is 1.63. The maximum atomic E-state index is 12.7. The SMILES string of the molecule is Cc1c(Br)cccc1C(N)(F)F. The summed E-state index contributed by atoms with van der Waals surface area (Å²) >= 11 is 3.15. The quantitative estimate of drug-likeness (QED) is 0.745. The molecule has 1 rings (SSSR count). The van der Waals surface area contributed by atoms with Crippen LogP contribution >= 0.6 is 15.9 Å². The second kappa shape index (κ2) is 3.11. The van der Waals surface area contributed by atoms with E-state index in [9.17, 15) is 8.78 Å². The van der Waals surface area contributed by atoms with Crippen molar-refractivity contribution >= 4 is 15.9 Å². The number of hydrogen-bond donors (Lipinski definition) is 1. The van der Waals surface area contributed by atoms with Crippen LogP contribution < -0.4 is 5.73 Å². The first kappa shape index (κ1) is 9.61. The van der Waals surface area contributed by atoms with Crippen molar-refractivity contribution < 1.29 is 8.78 Å². The Morgan fingerprint density at radius 3 is 2.42 bits per heavy atom. The fourth-order valence-electron chi connectivity index (χ4n) is 0.969. The molecule has 0 aliphatic carbocycles. The summed E-state index contributed by atoms with van der Waals surface area (Å²) in [5.41, 5.74) is 5.01. The first-order chi connectivity index (χ1) is 5.43. The summed E-state index contributed by atoms with van der Waals surface area (Å²) in [6.07, 6.45) is 0. The summed E-state index contributed by atoms with van der Waals surface area (Å²) in [6.45, 7) is 1.60. The lowest BCUT2D eigenvalue weighted by atomic mass is 10.1. The van der Waals surface area contributed by atoms with E-state index in [0.29, 0.717) is 10.0 Å². The molecule has 4 heteroatoms. The minimum Gasteiger partial charge on any atom is -0.268 e. The molecule has 12 heavy (non-hydrogen) atoms. The molecule has 0 unspecified atom stereocenters. The zero-order valence-corrected chi connectivity index (χ0v) is 8.03. The van der Waals surface area contributed by atoms with E-state index in [4.69, 9.17) is 0 Å². The monoisotopic (exact) mass is 235 g/mol. The summed E-state index contributed by atoms with van der Waals surface area (Å²) in [7, 11) is 0. The number of benzene rings is 1. The summed E-state index contributed by atoms with van der Waals surface area (Å²) in [4.78, 5) is 0. The molecule has 1 aromatic carbocycles. The molecule has 0 bridgehead atoms. The van der Waals surface area contributed by atoms with Gasteiger partial charge in [0.1, 0.15) is 0 Å². The Hall–Kier alpha value is -0.480. The van der Waals surface area contributed by atoms with Gasteiger partial charge in [-0.1, -0.05) is 28.1 Å². The van der Waals surface area contributed by atoms with Crippen LogP contribution in [-0.2, 0) is 6.05 Å². The van der Waals surface area contributed by atoms with Gasteiger partial charge in [0.05, 0.1) is 0 Å². The smallest absolute Gasteiger partial charge is 0.268 e. The lowest BCUT2D eigenvalue weighted by molar-refractivity contribution is 0.00229. The standard InChI is InChI=1S/C8H8BrF2N/c1-5-6(8(10,11)12)3-2-4-7(5)9/h2-4H,12H2,1H3. The van der Waals surface area contributed by atoms with E-state index < -0.39 is 6.05 Å². The van der Waals surface area contributed by atoms with Crippen LogP contribution in [0.1, 0.15) is 11.1 Å². The average molecular weight is 236 g/mol. The van der Waals surface area contributed by atoms with Crippen LogP contribution in [-0.4, -0.2) is 0 Å². The maximum Gasteiger partial charge on any atom is 0.327 e. The van der Waals surface area contributed by atoms with E-state index in [1.54, 1.807) is 13.0 Å². The van der Waals surface area contributed by atoms with Crippen LogP contribution in [0.15, 0.2) is 22.7 Å². The van der Waals surface area contributed by atoms with Crippen LogP contribution in [0.25, 0.3) is 0 Å². The number of hydrogen-bond acceptors (Lipinski definition) is 1. The average Bonchev–Trinajstić information content (AvgIpc) is 1.92. The van der Waals surface area contributed by atoms with Crippen molar-refractivity contribution in [3.05, 3.63) is 33.8 Å². The fourth-order valence-corrected chi connectivity index (χ4v) is 1.33. The molecule has 0 spiro atoms. The zero-order valence-electron chi connectivity index (χ0n) is 6.44. The van der Waals surface area contributed by atoms with Crippen molar-refractivity contribution in [2.75, 3.05) is 0 Å². The van der Waals surface area contributed by atoms with E-state index in [1.165, 1.54) is 12.1 Å². The highest BCUT2D eigenvalue weighted by molar-refractivity contribution is 9.10. The Labute approximate surface area is 77.7 Å². The third kappa shape index (κ3) is 1.81. The van der Waals surface area contributed by atoms with Gasteiger partial charge in [-0.15, -0.1) is 0 Å². The lowest BCUT2D eigenvalue weighted by Crippen LogP contribution is -2.26. The molecule has 0 fully saturated rings. The highest BCUT2D eigenvalue weighted by Gasteiger charge is 2.27. The minimum absolute atomic E-state index is 0.142. The van der Waals surface area contributed by atoms with Crippen molar-refractivity contribution in [3.63, 3.8) is 0 Å². The van der Waals surface area contributed by atoms with Gasteiger partial charge in [0.25, 0.3) is 0 Å². The number of rotatable bonds is 1. The molecule has 0 saturated heterocycles. The van der Waals surface area contributed by atoms with Crippen LogP contribution in [0, 0.1) is 6.92 Å². The molecule has 1 nitrogen and oxygen atoms in total. The van der Waals surface area contributed by atoms with E-state index >= 15 is 0 Å². The Bertz CT molecular complexity index is 294. The van der Waals surface area contributed by atoms with Crippen LogP contribution in [0.4, 0.5) is 8.78 Å². The maximum absolute atomic E-state index is 12.7. The highest BCUT2D eigenvalue weighted by Crippen LogP contribution is 2.28. The van der Waals surface area contributed by atoms with Gasteiger partial charge >= 0.3 is 6.05 Å². The molecule has 66 valence electrons. The normalized spacial score (nSPS) is 11.8. The van der Waals surface area contributed by atoms with Crippen LogP contribution in [0.3, 0.4) is 0 Å². The molecule has 0 atom stereocenters. The largest absolute Gasteiger partial charge is 0.327 e. The predicted octanol–water partition coefficient (Wildman–Crippen LogP) is 2.77. The molecule has 0 amide bonds. The first-order valence-corrected chi connectivity index (χ1v) is 4.14. The van der Waals surface area contributed by atoms with Crippen LogP contribution in [0.2, 0.25) is 0 Å². The van der Waals surface area contributed by atoms with E-state index in [-0.39, 0.29) is 5.56 Å². The third-order valence-corrected chi connectivity index (χ3v) is 2.49. The van der Waals surface area contributed by atoms with Gasteiger partial charge in [0.2, 0.25) is 0 Å². The molecule has 0 saturated carbocycles. The van der Waals surface area contributed by atoms with Gasteiger partial charge in [-0.25, -0.2) is 0 Å². The second-order valence-electron chi connectivity index (χ2n) is 2.54. The van der Waals surface area contributed by atoms with Crippen molar-refractivity contribution in [1.82, 2.24) is 0 Å². The predicted molar refractivity (Wildman–Crippen MR) is 47.0 cm³/mol. The fraction of sp³-hybridized carbons (Fsp3) is 0.250. The van der Waals surface area contributed by atoms with Gasteiger partial charge in [-0.3, -0.25) is 5.73 Å². The van der Waals surface area contributed by atoms with Gasteiger partial charge in [0.15, 0.2) is 0 Å². The molecular weight excluding hydrogens is 228 g/mol. The summed E-state index contributed by atoms with van der Waals surface area (Å²) in [5.74, 6) is 0. The molecule has 2 N–H and O–H groups in total. The van der Waals surface area contributed by atoms with Gasteiger partial charge in [0, 0.05) is 10.0 Å². The Morgan fingerprint density at radius 1 is 1.42 bits per heavy atom. The molecule has 0 heterocycles. The van der Waals surface area contributed by atoms with Crippen molar-refractivity contribution in [3.8, 4) is 0 Å². The molecule has 0 aromatic heterocycles. The van der Waals surface area contributed by atoms with Crippen LogP contribution in [0.5, 0.6) is 0 Å². The van der Waals surface area contributed by atoms with Gasteiger partial charge < -0.3 is 0 Å². The van der Waals surface area contributed by atoms with E-state index in [2.05, 4.69) is 21.7 Å². The molecule has 1 aromatic rings. The second-order valence-corrected chi connectivity index (χ2v) is 3.39. The molecule has 0 radical (unpaired) electrons. The van der Waals surface area contributed by atoms with Crippen molar-refractivity contribution in [2.45, 2.75) is 13.0 Å². The topological polar surface area (TPSA) is 26.0 Å². The van der Waals surface area contributed by atoms with Gasteiger partial charge in [-0.05, 0) is 18.6 Å². The summed E-state index contributed by atoms with van der Waals surface area (Å²) < 4.78 is 25.9. The molecular formula is C8H8BrF2N. The zero-order chi connectivity index (χ0) is 9.35. The highest BCUT2D eigenvalue weighted by atomic mass is 79.9. The van der Waals surface area contributed by atoms with Crippen molar-refractivity contribution in [1.29, 1.82) is 0 Å². The van der Waals surface area contributed by atoms with Gasteiger partial charge in [-0.2, -0.15) is 8.78 Å². The minimum atomic E-state index is -3.26. The Morgan fingerprint density at radius 2 is 2.00 bits per heavy atom. The molecule has 0 aliphatic heterocycles. The first-order valence-electron chi connectivity index (χ1n) is 3.35. The van der Waals surface area contributed by atoms with E-state index in [1.807, 2.05) is 0 Å².